The Labute approximate surface area is 289 Å². The van der Waals surface area contributed by atoms with E-state index in [4.69, 9.17) is 28.4 Å². The number of rotatable bonds is 10. The van der Waals surface area contributed by atoms with Crippen LogP contribution in [0.1, 0.15) is 68.2 Å². The molecule has 262 valence electrons. The lowest BCUT2D eigenvalue weighted by Gasteiger charge is -2.24. The Morgan fingerprint density at radius 3 is 1.66 bits per heavy atom. The van der Waals surface area contributed by atoms with Crippen molar-refractivity contribution in [3.63, 3.8) is 0 Å². The summed E-state index contributed by atoms with van der Waals surface area (Å²) in [4.78, 5) is 2.23. The predicted molar refractivity (Wildman–Crippen MR) is 188 cm³/mol. The van der Waals surface area contributed by atoms with Crippen molar-refractivity contribution in [1.29, 1.82) is 0 Å². The van der Waals surface area contributed by atoms with Gasteiger partial charge in [0.15, 0.2) is 11.6 Å². The van der Waals surface area contributed by atoms with Crippen LogP contribution in [-0.4, -0.2) is 77.1 Å². The molecule has 0 aliphatic carbocycles. The van der Waals surface area contributed by atoms with Crippen molar-refractivity contribution >= 4 is 22.6 Å². The summed E-state index contributed by atoms with van der Waals surface area (Å²) in [5.41, 5.74) is 0. The first-order valence-electron chi connectivity index (χ1n) is 17.5. The Hall–Kier alpha value is -1.30. The average molecular weight is 689 g/mol. The van der Waals surface area contributed by atoms with Crippen LogP contribution in [0.4, 0.5) is 0 Å². The molecule has 6 rings (SSSR count). The van der Waals surface area contributed by atoms with Gasteiger partial charge in [-0.05, 0) is 82.6 Å². The molecule has 4 aliphatic rings. The van der Waals surface area contributed by atoms with E-state index in [1.165, 1.54) is 4.90 Å². The van der Waals surface area contributed by atoms with Crippen molar-refractivity contribution in [2.45, 2.75) is 126 Å². The van der Waals surface area contributed by atoms with Gasteiger partial charge in [-0.3, -0.25) is 4.21 Å². The SMILES string of the molecule is CCC1OC(C2COC(C)(C)O2)C(C)C1CS(=O)c1ccccc1.CCC1OC(C2COC(C)(C)O2)C(C)C1CSc1ccccc1. The Bertz CT molecular complexity index is 1280. The smallest absolute Gasteiger partial charge is 0.163 e. The van der Waals surface area contributed by atoms with E-state index in [0.29, 0.717) is 42.8 Å². The number of ether oxygens (including phenoxy) is 6. The van der Waals surface area contributed by atoms with Crippen LogP contribution in [0.3, 0.4) is 0 Å². The third-order valence-electron chi connectivity index (χ3n) is 10.1. The maximum Gasteiger partial charge on any atom is 0.163 e. The fraction of sp³-hybridized carbons (Fsp3) is 0.684. The maximum absolute atomic E-state index is 12.7. The molecule has 11 unspecified atom stereocenters. The molecule has 4 heterocycles. The summed E-state index contributed by atoms with van der Waals surface area (Å²) in [6.45, 7) is 17.9. The van der Waals surface area contributed by atoms with E-state index in [9.17, 15) is 4.21 Å². The molecule has 0 spiro atoms. The first kappa shape index (κ1) is 37.0. The van der Waals surface area contributed by atoms with Crippen molar-refractivity contribution in [1.82, 2.24) is 0 Å². The Kier molecular flexibility index (Phi) is 12.7. The van der Waals surface area contributed by atoms with Gasteiger partial charge in [-0.15, -0.1) is 11.8 Å². The second-order valence-corrected chi connectivity index (χ2v) is 16.9. The molecule has 9 heteroatoms. The first-order valence-corrected chi connectivity index (χ1v) is 19.8. The molecule has 2 aromatic carbocycles. The zero-order valence-corrected chi connectivity index (χ0v) is 31.1. The lowest BCUT2D eigenvalue weighted by molar-refractivity contribution is -0.157. The van der Waals surface area contributed by atoms with Gasteiger partial charge in [0.05, 0.1) is 48.4 Å². The Morgan fingerprint density at radius 2 is 1.19 bits per heavy atom. The number of hydrogen-bond acceptors (Lipinski definition) is 8. The highest BCUT2D eigenvalue weighted by Crippen LogP contribution is 2.42. The third kappa shape index (κ3) is 9.28. The molecule has 0 N–H and O–H groups in total. The number of thioether (sulfide) groups is 1. The molecule has 0 bridgehead atoms. The van der Waals surface area contributed by atoms with Crippen LogP contribution in [0.5, 0.6) is 0 Å². The molecular formula is C38H56O7S2. The van der Waals surface area contributed by atoms with Crippen LogP contribution in [0.2, 0.25) is 0 Å². The lowest BCUT2D eigenvalue weighted by atomic mass is 9.87. The molecule has 0 radical (unpaired) electrons. The van der Waals surface area contributed by atoms with Crippen LogP contribution in [-0.2, 0) is 39.2 Å². The molecule has 0 saturated carbocycles. The summed E-state index contributed by atoms with van der Waals surface area (Å²) in [6.07, 6.45) is 2.59. The van der Waals surface area contributed by atoms with Gasteiger partial charge in [0.25, 0.3) is 0 Å². The van der Waals surface area contributed by atoms with Crippen LogP contribution in [0.25, 0.3) is 0 Å². The molecule has 0 aromatic heterocycles. The van der Waals surface area contributed by atoms with E-state index in [2.05, 4.69) is 58.0 Å². The Balaban J connectivity index is 0.000000185. The van der Waals surface area contributed by atoms with Gasteiger partial charge in [-0.25, -0.2) is 0 Å². The summed E-state index contributed by atoms with van der Waals surface area (Å²) in [5.74, 6) is 2.32. The summed E-state index contributed by atoms with van der Waals surface area (Å²) >= 11 is 1.93. The Morgan fingerprint density at radius 1 is 0.723 bits per heavy atom. The topological polar surface area (TPSA) is 72.5 Å². The van der Waals surface area contributed by atoms with E-state index in [-0.39, 0.29) is 36.4 Å². The second-order valence-electron chi connectivity index (χ2n) is 14.3. The van der Waals surface area contributed by atoms with Crippen molar-refractivity contribution < 1.29 is 32.6 Å². The van der Waals surface area contributed by atoms with Crippen molar-refractivity contribution in [2.75, 3.05) is 24.7 Å². The minimum atomic E-state index is -1.00. The van der Waals surface area contributed by atoms with Crippen LogP contribution >= 0.6 is 11.8 Å². The van der Waals surface area contributed by atoms with Gasteiger partial charge >= 0.3 is 0 Å². The van der Waals surface area contributed by atoms with Gasteiger partial charge < -0.3 is 28.4 Å². The average Bonchev–Trinajstić information content (AvgIpc) is 3.79. The van der Waals surface area contributed by atoms with Crippen molar-refractivity contribution in [3.8, 4) is 0 Å². The largest absolute Gasteiger partial charge is 0.372 e. The van der Waals surface area contributed by atoms with E-state index < -0.39 is 22.4 Å². The fourth-order valence-electron chi connectivity index (χ4n) is 7.49. The minimum Gasteiger partial charge on any atom is -0.372 e. The highest BCUT2D eigenvalue weighted by atomic mass is 32.2. The van der Waals surface area contributed by atoms with Gasteiger partial charge in [0, 0.05) is 27.2 Å². The zero-order valence-electron chi connectivity index (χ0n) is 29.5. The quantitative estimate of drug-likeness (QED) is 0.235. The van der Waals surface area contributed by atoms with E-state index in [0.717, 1.165) is 23.5 Å². The van der Waals surface area contributed by atoms with Crippen LogP contribution < -0.4 is 0 Å². The van der Waals surface area contributed by atoms with Crippen LogP contribution in [0.15, 0.2) is 70.5 Å². The normalized spacial score (nSPS) is 36.6. The summed E-state index contributed by atoms with van der Waals surface area (Å²) < 4.78 is 48.9. The standard InChI is InChI=1S/C19H28O4S.C19H28O3S/c1-5-16-15(12-24(20)14-9-7-6-8-10-14)13(2)18(22-16)17-11-21-19(3,4)23-17;1-5-16-15(12-23-14-9-7-6-8-10-14)13(2)18(21-16)17-11-20-19(3,4)22-17/h6-10,13,15-18H,5,11-12H2,1-4H3;6-10,13,15-18H,5,11-12H2,1-4H3. The van der Waals surface area contributed by atoms with Gasteiger partial charge in [0.1, 0.15) is 12.2 Å². The van der Waals surface area contributed by atoms with Crippen molar-refractivity contribution in [3.05, 3.63) is 60.7 Å². The fourth-order valence-corrected chi connectivity index (χ4v) is 10.3. The number of hydrogen-bond donors (Lipinski definition) is 0. The molecule has 0 amide bonds. The number of benzene rings is 2. The van der Waals surface area contributed by atoms with Gasteiger partial charge in [-0.1, -0.05) is 64.1 Å². The second kappa shape index (κ2) is 16.2. The molecule has 11 atom stereocenters. The van der Waals surface area contributed by atoms with Crippen LogP contribution in [0, 0.1) is 23.7 Å². The molecule has 2 aromatic rings. The predicted octanol–water partition coefficient (Wildman–Crippen LogP) is 7.74. The third-order valence-corrected chi connectivity index (χ3v) is 12.8. The van der Waals surface area contributed by atoms with Gasteiger partial charge in [-0.2, -0.15) is 0 Å². The molecule has 7 nitrogen and oxygen atoms in total. The maximum atomic E-state index is 12.7. The molecule has 4 fully saturated rings. The monoisotopic (exact) mass is 688 g/mol. The lowest BCUT2D eigenvalue weighted by Crippen LogP contribution is -2.35. The molecule has 4 saturated heterocycles. The highest BCUT2D eigenvalue weighted by molar-refractivity contribution is 7.99. The minimum absolute atomic E-state index is 0.00879. The molecule has 4 aliphatic heterocycles. The van der Waals surface area contributed by atoms with Gasteiger partial charge in [0.2, 0.25) is 0 Å². The van der Waals surface area contributed by atoms with E-state index in [1.807, 2.05) is 69.8 Å². The molecule has 47 heavy (non-hydrogen) atoms. The van der Waals surface area contributed by atoms with E-state index in [1.54, 1.807) is 0 Å². The first-order chi connectivity index (χ1) is 22.4. The van der Waals surface area contributed by atoms with Crippen molar-refractivity contribution in [2.24, 2.45) is 23.7 Å². The highest BCUT2D eigenvalue weighted by Gasteiger charge is 2.50. The summed E-state index contributed by atoms with van der Waals surface area (Å²) in [7, 11) is -1.00. The summed E-state index contributed by atoms with van der Waals surface area (Å²) in [5, 5.41) is 0. The zero-order chi connectivity index (χ0) is 33.8. The van der Waals surface area contributed by atoms with E-state index >= 15 is 0 Å². The summed E-state index contributed by atoms with van der Waals surface area (Å²) in [6, 6.07) is 20.3. The molecular weight excluding hydrogens is 633 g/mol.